The van der Waals surface area contributed by atoms with Crippen LogP contribution in [0.1, 0.15) is 31.4 Å². The van der Waals surface area contributed by atoms with Gasteiger partial charge >= 0.3 is 0 Å². The highest BCUT2D eigenvalue weighted by Crippen LogP contribution is 2.31. The molecule has 0 saturated carbocycles. The first-order valence-electron chi connectivity index (χ1n) is 8.63. The van der Waals surface area contributed by atoms with Crippen LogP contribution in [0.25, 0.3) is 10.8 Å². The zero-order valence-electron chi connectivity index (χ0n) is 14.2. The summed E-state index contributed by atoms with van der Waals surface area (Å²) in [4.78, 5) is 14.5. The molecule has 1 amide bonds. The smallest absolute Gasteiger partial charge is 0.223 e. The van der Waals surface area contributed by atoms with E-state index in [0.29, 0.717) is 12.6 Å². The van der Waals surface area contributed by atoms with E-state index in [1.54, 1.807) is 0 Å². The number of hydrogen-bond acceptors (Lipinski definition) is 2. The predicted molar refractivity (Wildman–Crippen MR) is 98.5 cm³/mol. The molecular weight excluding hydrogens is 296 g/mol. The van der Waals surface area contributed by atoms with E-state index in [1.165, 1.54) is 16.3 Å². The van der Waals surface area contributed by atoms with Gasteiger partial charge in [0, 0.05) is 12.0 Å². The number of nitrogens with one attached hydrogen (secondary N) is 1. The van der Waals surface area contributed by atoms with Crippen molar-refractivity contribution in [2.24, 2.45) is 5.92 Å². The first-order chi connectivity index (χ1) is 11.7. The number of likely N-dealkylation sites (tertiary alicyclic amines) is 1. The summed E-state index contributed by atoms with van der Waals surface area (Å²) in [5, 5.41) is 5.41. The summed E-state index contributed by atoms with van der Waals surface area (Å²) >= 11 is 0. The molecule has 1 unspecified atom stereocenters. The molecule has 0 bridgehead atoms. The zero-order valence-corrected chi connectivity index (χ0v) is 14.2. The third-order valence-electron chi connectivity index (χ3n) is 5.09. The molecule has 1 aliphatic rings. The second kappa shape index (κ2) is 7.51. The van der Waals surface area contributed by atoms with Gasteiger partial charge in [0.1, 0.15) is 0 Å². The molecule has 3 heteroatoms. The molecular formula is C21H24N2O. The number of nitrogens with zero attached hydrogens (tertiary/aromatic N) is 1. The fourth-order valence-electron chi connectivity index (χ4n) is 3.64. The predicted octanol–water partition coefficient (Wildman–Crippen LogP) is 3.36. The van der Waals surface area contributed by atoms with Crippen molar-refractivity contribution in [1.82, 2.24) is 10.2 Å². The van der Waals surface area contributed by atoms with Gasteiger partial charge in [0.2, 0.25) is 5.91 Å². The topological polar surface area (TPSA) is 32.3 Å². The van der Waals surface area contributed by atoms with Gasteiger partial charge in [-0.1, -0.05) is 48.4 Å². The molecule has 3 rings (SSSR count). The summed E-state index contributed by atoms with van der Waals surface area (Å²) in [6.07, 6.45) is 6.99. The maximum Gasteiger partial charge on any atom is 0.223 e. The van der Waals surface area contributed by atoms with Crippen LogP contribution in [0.5, 0.6) is 0 Å². The van der Waals surface area contributed by atoms with Crippen LogP contribution in [0.2, 0.25) is 0 Å². The highest BCUT2D eigenvalue weighted by Gasteiger charge is 2.27. The maximum absolute atomic E-state index is 12.1. The lowest BCUT2D eigenvalue weighted by molar-refractivity contribution is -0.126. The maximum atomic E-state index is 12.1. The Balaban J connectivity index is 1.68. The summed E-state index contributed by atoms with van der Waals surface area (Å²) in [6.45, 7) is 4.48. The van der Waals surface area contributed by atoms with Crippen molar-refractivity contribution in [3.05, 3.63) is 48.0 Å². The van der Waals surface area contributed by atoms with Crippen LogP contribution in [-0.2, 0) is 4.79 Å². The van der Waals surface area contributed by atoms with Gasteiger partial charge in [-0.05, 0) is 49.2 Å². The van der Waals surface area contributed by atoms with Gasteiger partial charge in [-0.25, -0.2) is 0 Å². The number of benzene rings is 2. The van der Waals surface area contributed by atoms with Crippen molar-refractivity contribution in [2.45, 2.75) is 25.8 Å². The lowest BCUT2D eigenvalue weighted by Crippen LogP contribution is -2.41. The normalized spacial score (nSPS) is 17.3. The summed E-state index contributed by atoms with van der Waals surface area (Å²) in [6, 6.07) is 15.4. The van der Waals surface area contributed by atoms with E-state index in [4.69, 9.17) is 6.42 Å². The molecule has 0 aromatic heterocycles. The zero-order chi connectivity index (χ0) is 16.9. The van der Waals surface area contributed by atoms with E-state index in [2.05, 4.69) is 65.5 Å². The third-order valence-corrected chi connectivity index (χ3v) is 5.09. The Labute approximate surface area is 144 Å². The molecule has 3 nitrogen and oxygen atoms in total. The number of terminal acetylenes is 1. The SMILES string of the molecule is C#CCNC(=O)C1CCN(C(C)c2cccc3ccccc23)CC1. The Hall–Kier alpha value is -2.31. The summed E-state index contributed by atoms with van der Waals surface area (Å²) in [7, 11) is 0. The van der Waals surface area contributed by atoms with E-state index in [-0.39, 0.29) is 11.8 Å². The average molecular weight is 320 g/mol. The number of carbonyl (C=O) groups excluding carboxylic acids is 1. The number of amides is 1. The van der Waals surface area contributed by atoms with Crippen molar-refractivity contribution in [3.63, 3.8) is 0 Å². The molecule has 1 atom stereocenters. The quantitative estimate of drug-likeness (QED) is 0.876. The molecule has 24 heavy (non-hydrogen) atoms. The van der Waals surface area contributed by atoms with Crippen LogP contribution in [0.15, 0.2) is 42.5 Å². The monoisotopic (exact) mass is 320 g/mol. The van der Waals surface area contributed by atoms with Crippen LogP contribution < -0.4 is 5.32 Å². The van der Waals surface area contributed by atoms with E-state index in [0.717, 1.165) is 25.9 Å². The van der Waals surface area contributed by atoms with Crippen molar-refractivity contribution in [2.75, 3.05) is 19.6 Å². The average Bonchev–Trinajstić information content (AvgIpc) is 2.65. The van der Waals surface area contributed by atoms with Gasteiger partial charge in [0.25, 0.3) is 0 Å². The minimum atomic E-state index is 0.0920. The molecule has 2 aromatic carbocycles. The molecule has 1 saturated heterocycles. The molecule has 0 radical (unpaired) electrons. The number of carbonyl (C=O) groups is 1. The van der Waals surface area contributed by atoms with E-state index in [9.17, 15) is 4.79 Å². The van der Waals surface area contributed by atoms with Gasteiger partial charge in [-0.15, -0.1) is 6.42 Å². The molecule has 2 aromatic rings. The highest BCUT2D eigenvalue weighted by molar-refractivity contribution is 5.86. The summed E-state index contributed by atoms with van der Waals surface area (Å²) < 4.78 is 0. The number of fused-ring (bicyclic) bond motifs is 1. The van der Waals surface area contributed by atoms with Crippen molar-refractivity contribution < 1.29 is 4.79 Å². The van der Waals surface area contributed by atoms with E-state index < -0.39 is 0 Å². The molecule has 124 valence electrons. The van der Waals surface area contributed by atoms with Gasteiger partial charge in [-0.3, -0.25) is 9.69 Å². The number of rotatable bonds is 4. The second-order valence-electron chi connectivity index (χ2n) is 6.48. The van der Waals surface area contributed by atoms with Crippen LogP contribution in [0.3, 0.4) is 0 Å². The van der Waals surface area contributed by atoms with Crippen molar-refractivity contribution in [1.29, 1.82) is 0 Å². The lowest BCUT2D eigenvalue weighted by atomic mass is 9.92. The minimum absolute atomic E-state index is 0.0920. The minimum Gasteiger partial charge on any atom is -0.345 e. The number of piperidine rings is 1. The Morgan fingerprint density at radius 1 is 1.25 bits per heavy atom. The van der Waals surface area contributed by atoms with Crippen LogP contribution in [0.4, 0.5) is 0 Å². The van der Waals surface area contributed by atoms with E-state index >= 15 is 0 Å². The fraction of sp³-hybridized carbons (Fsp3) is 0.381. The van der Waals surface area contributed by atoms with Gasteiger partial charge in [0.15, 0.2) is 0 Å². The molecule has 0 spiro atoms. The highest BCUT2D eigenvalue weighted by atomic mass is 16.1. The van der Waals surface area contributed by atoms with Gasteiger partial charge < -0.3 is 5.32 Å². The standard InChI is InChI=1S/C21H24N2O/c1-3-13-22-21(24)18-11-14-23(15-12-18)16(2)19-10-6-8-17-7-4-5-9-20(17)19/h1,4-10,16,18H,11-15H2,2H3,(H,22,24). The Morgan fingerprint density at radius 2 is 1.96 bits per heavy atom. The molecule has 1 heterocycles. The first kappa shape index (κ1) is 16.5. The molecule has 1 N–H and O–H groups in total. The van der Waals surface area contributed by atoms with Crippen LogP contribution >= 0.6 is 0 Å². The molecule has 1 fully saturated rings. The second-order valence-corrected chi connectivity index (χ2v) is 6.48. The van der Waals surface area contributed by atoms with Crippen molar-refractivity contribution in [3.8, 4) is 12.3 Å². The largest absolute Gasteiger partial charge is 0.345 e. The van der Waals surface area contributed by atoms with E-state index in [1.807, 2.05) is 0 Å². The summed E-state index contributed by atoms with van der Waals surface area (Å²) in [5.74, 6) is 2.66. The third kappa shape index (κ3) is 3.44. The first-order valence-corrected chi connectivity index (χ1v) is 8.63. The Bertz CT molecular complexity index is 749. The Kier molecular flexibility index (Phi) is 5.17. The lowest BCUT2D eigenvalue weighted by Gasteiger charge is -2.36. The Morgan fingerprint density at radius 3 is 2.71 bits per heavy atom. The summed E-state index contributed by atoms with van der Waals surface area (Å²) in [5.41, 5.74) is 1.36. The van der Waals surface area contributed by atoms with Crippen molar-refractivity contribution >= 4 is 16.7 Å². The number of hydrogen-bond donors (Lipinski definition) is 1. The van der Waals surface area contributed by atoms with Crippen LogP contribution in [-0.4, -0.2) is 30.4 Å². The fourth-order valence-corrected chi connectivity index (χ4v) is 3.64. The molecule has 0 aliphatic carbocycles. The molecule has 1 aliphatic heterocycles. The van der Waals surface area contributed by atoms with Gasteiger partial charge in [0.05, 0.1) is 6.54 Å². The van der Waals surface area contributed by atoms with Gasteiger partial charge in [-0.2, -0.15) is 0 Å². The van der Waals surface area contributed by atoms with Crippen LogP contribution in [0, 0.1) is 18.3 Å².